The zero-order valence-corrected chi connectivity index (χ0v) is 11.8. The summed E-state index contributed by atoms with van der Waals surface area (Å²) >= 11 is 5.89. The molecule has 19 heavy (non-hydrogen) atoms. The standard InChI is InChI=1S/C13H18ClN3O2/c1-18-12-6-13(14)15-7-11(12)17-4-2-16(3-5-17)10-8-19-9-10/h6-7,10H,2-5,8-9H2,1H3. The van der Waals surface area contributed by atoms with Crippen molar-refractivity contribution in [3.63, 3.8) is 0 Å². The normalized spacial score (nSPS) is 21.3. The summed E-state index contributed by atoms with van der Waals surface area (Å²) in [6.07, 6.45) is 1.79. The molecule has 2 aliphatic rings. The topological polar surface area (TPSA) is 37.8 Å². The summed E-state index contributed by atoms with van der Waals surface area (Å²) in [6.45, 7) is 5.84. The first-order valence-corrected chi connectivity index (χ1v) is 6.92. The fourth-order valence-corrected chi connectivity index (χ4v) is 2.72. The number of pyridine rings is 1. The first-order chi connectivity index (χ1) is 9.28. The molecule has 1 aromatic heterocycles. The highest BCUT2D eigenvalue weighted by atomic mass is 35.5. The molecule has 3 rings (SSSR count). The number of nitrogens with zero attached hydrogens (tertiary/aromatic N) is 3. The summed E-state index contributed by atoms with van der Waals surface area (Å²) in [5, 5.41) is 0.464. The minimum Gasteiger partial charge on any atom is -0.494 e. The van der Waals surface area contributed by atoms with E-state index < -0.39 is 0 Å². The molecule has 0 N–H and O–H groups in total. The lowest BCUT2D eigenvalue weighted by Gasteiger charge is -2.43. The zero-order chi connectivity index (χ0) is 13.2. The molecule has 6 heteroatoms. The number of hydrogen-bond donors (Lipinski definition) is 0. The third-order valence-electron chi connectivity index (χ3n) is 3.82. The minimum atomic E-state index is 0.464. The predicted octanol–water partition coefficient (Wildman–Crippen LogP) is 1.26. The van der Waals surface area contributed by atoms with Crippen LogP contribution in [-0.4, -0.2) is 62.4 Å². The molecular formula is C13H18ClN3O2. The second kappa shape index (κ2) is 5.53. The van der Waals surface area contributed by atoms with Crippen LogP contribution in [0.3, 0.4) is 0 Å². The summed E-state index contributed by atoms with van der Waals surface area (Å²) in [7, 11) is 1.66. The monoisotopic (exact) mass is 283 g/mol. The van der Waals surface area contributed by atoms with E-state index in [9.17, 15) is 0 Å². The molecule has 0 spiro atoms. The molecule has 0 saturated carbocycles. The molecule has 2 aliphatic heterocycles. The minimum absolute atomic E-state index is 0.464. The first kappa shape index (κ1) is 13.0. The van der Waals surface area contributed by atoms with Gasteiger partial charge in [0.05, 0.1) is 38.2 Å². The highest BCUT2D eigenvalue weighted by Crippen LogP contribution is 2.30. The van der Waals surface area contributed by atoms with Gasteiger partial charge in [0, 0.05) is 32.2 Å². The van der Waals surface area contributed by atoms with Crippen LogP contribution >= 0.6 is 11.6 Å². The lowest BCUT2D eigenvalue weighted by atomic mass is 10.1. The molecule has 0 amide bonds. The van der Waals surface area contributed by atoms with Crippen molar-refractivity contribution in [3.8, 4) is 5.75 Å². The van der Waals surface area contributed by atoms with Gasteiger partial charge in [-0.3, -0.25) is 4.90 Å². The Bertz CT molecular complexity index is 446. The van der Waals surface area contributed by atoms with E-state index in [1.165, 1.54) is 0 Å². The summed E-state index contributed by atoms with van der Waals surface area (Å²) in [5.74, 6) is 0.792. The van der Waals surface area contributed by atoms with Crippen LogP contribution in [0.4, 0.5) is 5.69 Å². The number of ether oxygens (including phenoxy) is 2. The van der Waals surface area contributed by atoms with E-state index in [4.69, 9.17) is 21.1 Å². The Labute approximate surface area is 118 Å². The highest BCUT2D eigenvalue weighted by Gasteiger charge is 2.29. The SMILES string of the molecule is COc1cc(Cl)ncc1N1CCN(C2COC2)CC1. The smallest absolute Gasteiger partial charge is 0.146 e. The van der Waals surface area contributed by atoms with Gasteiger partial charge < -0.3 is 14.4 Å². The van der Waals surface area contributed by atoms with Crippen LogP contribution in [0, 0.1) is 0 Å². The Hall–Kier alpha value is -1.04. The zero-order valence-electron chi connectivity index (χ0n) is 11.0. The summed E-state index contributed by atoms with van der Waals surface area (Å²) in [5.41, 5.74) is 1.02. The predicted molar refractivity (Wildman–Crippen MR) is 74.2 cm³/mol. The Morgan fingerprint density at radius 2 is 2.05 bits per heavy atom. The van der Waals surface area contributed by atoms with Gasteiger partial charge in [0.1, 0.15) is 10.9 Å². The fraction of sp³-hybridized carbons (Fsp3) is 0.615. The summed E-state index contributed by atoms with van der Waals surface area (Å²) in [4.78, 5) is 8.95. The van der Waals surface area contributed by atoms with E-state index in [0.29, 0.717) is 11.2 Å². The van der Waals surface area contributed by atoms with Gasteiger partial charge in [-0.15, -0.1) is 0 Å². The van der Waals surface area contributed by atoms with E-state index in [1.807, 2.05) is 0 Å². The van der Waals surface area contributed by atoms with Gasteiger partial charge in [-0.2, -0.15) is 0 Å². The van der Waals surface area contributed by atoms with E-state index in [-0.39, 0.29) is 0 Å². The largest absolute Gasteiger partial charge is 0.494 e. The molecule has 0 unspecified atom stereocenters. The van der Waals surface area contributed by atoms with Gasteiger partial charge in [-0.25, -0.2) is 4.98 Å². The number of anilines is 1. The molecule has 2 fully saturated rings. The van der Waals surface area contributed by atoms with E-state index in [1.54, 1.807) is 19.4 Å². The van der Waals surface area contributed by atoms with Crippen molar-refractivity contribution >= 4 is 17.3 Å². The lowest BCUT2D eigenvalue weighted by Crippen LogP contribution is -2.56. The van der Waals surface area contributed by atoms with Crippen molar-refractivity contribution in [2.24, 2.45) is 0 Å². The van der Waals surface area contributed by atoms with Crippen molar-refractivity contribution in [1.82, 2.24) is 9.88 Å². The third kappa shape index (κ3) is 2.63. The molecule has 0 bridgehead atoms. The van der Waals surface area contributed by atoms with Gasteiger partial charge >= 0.3 is 0 Å². The number of halogens is 1. The molecular weight excluding hydrogens is 266 g/mol. The number of piperazine rings is 1. The number of methoxy groups -OCH3 is 1. The maximum absolute atomic E-state index is 5.89. The molecule has 2 saturated heterocycles. The van der Waals surface area contributed by atoms with Crippen LogP contribution in [0.15, 0.2) is 12.3 Å². The molecule has 1 aromatic rings. The van der Waals surface area contributed by atoms with E-state index in [2.05, 4.69) is 14.8 Å². The number of rotatable bonds is 3. The van der Waals surface area contributed by atoms with Crippen molar-refractivity contribution in [3.05, 3.63) is 17.4 Å². The maximum atomic E-state index is 5.89. The second-order valence-electron chi connectivity index (χ2n) is 4.89. The van der Waals surface area contributed by atoms with Crippen molar-refractivity contribution in [1.29, 1.82) is 0 Å². The molecule has 0 aliphatic carbocycles. The van der Waals surface area contributed by atoms with Crippen LogP contribution in [0.1, 0.15) is 0 Å². The molecule has 5 nitrogen and oxygen atoms in total. The quantitative estimate of drug-likeness (QED) is 0.781. The summed E-state index contributed by atoms with van der Waals surface area (Å²) in [6, 6.07) is 2.38. The van der Waals surface area contributed by atoms with Crippen LogP contribution < -0.4 is 9.64 Å². The van der Waals surface area contributed by atoms with Crippen molar-refractivity contribution in [2.75, 3.05) is 51.4 Å². The first-order valence-electron chi connectivity index (χ1n) is 6.54. The molecule has 104 valence electrons. The highest BCUT2D eigenvalue weighted by molar-refractivity contribution is 6.29. The lowest BCUT2D eigenvalue weighted by molar-refractivity contribution is -0.0660. The van der Waals surface area contributed by atoms with Crippen LogP contribution in [0.2, 0.25) is 5.15 Å². The number of aromatic nitrogens is 1. The fourth-order valence-electron chi connectivity index (χ4n) is 2.57. The third-order valence-corrected chi connectivity index (χ3v) is 4.03. The van der Waals surface area contributed by atoms with Gasteiger partial charge in [0.25, 0.3) is 0 Å². The maximum Gasteiger partial charge on any atom is 0.146 e. The van der Waals surface area contributed by atoms with Crippen molar-refractivity contribution in [2.45, 2.75) is 6.04 Å². The number of hydrogen-bond acceptors (Lipinski definition) is 5. The second-order valence-corrected chi connectivity index (χ2v) is 5.28. The van der Waals surface area contributed by atoms with Crippen molar-refractivity contribution < 1.29 is 9.47 Å². The van der Waals surface area contributed by atoms with Crippen LogP contribution in [-0.2, 0) is 4.74 Å². The molecule has 0 atom stereocenters. The Morgan fingerprint density at radius 3 is 2.63 bits per heavy atom. The van der Waals surface area contributed by atoms with Gasteiger partial charge in [0.2, 0.25) is 0 Å². The van der Waals surface area contributed by atoms with Gasteiger partial charge in [-0.05, 0) is 0 Å². The average molecular weight is 284 g/mol. The molecule has 0 aromatic carbocycles. The Kier molecular flexibility index (Phi) is 3.77. The molecule has 0 radical (unpaired) electrons. The van der Waals surface area contributed by atoms with Crippen LogP contribution in [0.5, 0.6) is 5.75 Å². The molecule has 3 heterocycles. The van der Waals surface area contributed by atoms with Crippen LogP contribution in [0.25, 0.3) is 0 Å². The average Bonchev–Trinajstić information content (AvgIpc) is 2.38. The summed E-state index contributed by atoms with van der Waals surface area (Å²) < 4.78 is 10.6. The van der Waals surface area contributed by atoms with Gasteiger partial charge in [-0.1, -0.05) is 11.6 Å². The van der Waals surface area contributed by atoms with E-state index in [0.717, 1.165) is 50.8 Å². The van der Waals surface area contributed by atoms with E-state index >= 15 is 0 Å². The Balaban J connectivity index is 1.67. The Morgan fingerprint density at radius 1 is 1.32 bits per heavy atom. The van der Waals surface area contributed by atoms with Gasteiger partial charge in [0.15, 0.2) is 0 Å².